The molecule has 0 saturated heterocycles. The summed E-state index contributed by atoms with van der Waals surface area (Å²) in [6.07, 6.45) is 2.34. The molecule has 1 rings (SSSR count). The first kappa shape index (κ1) is 8.47. The van der Waals surface area contributed by atoms with Crippen LogP contribution in [0.15, 0.2) is 11.1 Å². The first-order valence-electron chi connectivity index (χ1n) is 3.99. The third-order valence-corrected chi connectivity index (χ3v) is 2.34. The lowest BCUT2D eigenvalue weighted by Crippen LogP contribution is -2.13. The van der Waals surface area contributed by atoms with Gasteiger partial charge in [0.05, 0.1) is 6.10 Å². The van der Waals surface area contributed by atoms with Crippen molar-refractivity contribution in [3.8, 4) is 0 Å². The zero-order valence-corrected chi connectivity index (χ0v) is 7.00. The monoisotopic (exact) mass is 154 g/mol. The van der Waals surface area contributed by atoms with Crippen molar-refractivity contribution >= 4 is 6.29 Å². The molecule has 0 heterocycles. The summed E-state index contributed by atoms with van der Waals surface area (Å²) in [6.45, 7) is 3.71. The van der Waals surface area contributed by atoms with Crippen LogP contribution < -0.4 is 0 Å². The van der Waals surface area contributed by atoms with E-state index in [9.17, 15) is 9.90 Å². The molecular weight excluding hydrogens is 140 g/mol. The third kappa shape index (κ3) is 1.51. The van der Waals surface area contributed by atoms with E-state index in [0.717, 1.165) is 24.7 Å². The molecule has 2 heteroatoms. The average molecular weight is 154 g/mol. The van der Waals surface area contributed by atoms with E-state index in [2.05, 4.69) is 0 Å². The molecular formula is C9H14O2. The van der Waals surface area contributed by atoms with Gasteiger partial charge in [-0.1, -0.05) is 5.57 Å². The summed E-state index contributed by atoms with van der Waals surface area (Å²) in [5.41, 5.74) is 2.14. The van der Waals surface area contributed by atoms with Gasteiger partial charge in [0.25, 0.3) is 0 Å². The Kier molecular flexibility index (Phi) is 2.45. The summed E-state index contributed by atoms with van der Waals surface area (Å²) < 4.78 is 0. The van der Waals surface area contributed by atoms with E-state index in [1.807, 2.05) is 6.92 Å². The van der Waals surface area contributed by atoms with Gasteiger partial charge in [0, 0.05) is 5.92 Å². The number of allylic oxidation sites excluding steroid dienone is 1. The fourth-order valence-electron chi connectivity index (χ4n) is 1.80. The van der Waals surface area contributed by atoms with Crippen molar-refractivity contribution in [3.05, 3.63) is 11.1 Å². The molecule has 0 spiro atoms. The minimum atomic E-state index is -0.451. The Bertz CT molecular complexity index is 192. The van der Waals surface area contributed by atoms with Gasteiger partial charge in [-0.2, -0.15) is 0 Å². The maximum atomic E-state index is 10.5. The zero-order chi connectivity index (χ0) is 8.43. The van der Waals surface area contributed by atoms with Crippen LogP contribution in [0.2, 0.25) is 0 Å². The molecule has 0 saturated carbocycles. The molecule has 0 aromatic carbocycles. The van der Waals surface area contributed by atoms with E-state index in [1.54, 1.807) is 6.92 Å². The molecule has 2 nitrogen and oxygen atoms in total. The molecule has 1 aliphatic carbocycles. The summed E-state index contributed by atoms with van der Waals surface area (Å²) >= 11 is 0. The van der Waals surface area contributed by atoms with Crippen molar-refractivity contribution < 1.29 is 9.90 Å². The molecule has 0 bridgehead atoms. The second-order valence-electron chi connectivity index (χ2n) is 3.19. The Labute approximate surface area is 66.9 Å². The van der Waals surface area contributed by atoms with Gasteiger partial charge in [-0.05, 0) is 32.3 Å². The summed E-state index contributed by atoms with van der Waals surface area (Å²) in [7, 11) is 0. The highest BCUT2D eigenvalue weighted by molar-refractivity contribution is 5.61. The molecule has 0 aliphatic heterocycles. The Morgan fingerprint density at radius 2 is 2.36 bits per heavy atom. The number of hydrogen-bond acceptors (Lipinski definition) is 2. The highest BCUT2D eigenvalue weighted by Gasteiger charge is 2.25. The lowest BCUT2D eigenvalue weighted by Gasteiger charge is -2.11. The number of aliphatic hydroxyl groups excluding tert-OH is 1. The lowest BCUT2D eigenvalue weighted by atomic mass is 9.98. The van der Waals surface area contributed by atoms with Crippen molar-refractivity contribution in [1.82, 2.24) is 0 Å². The fourth-order valence-corrected chi connectivity index (χ4v) is 1.80. The summed E-state index contributed by atoms with van der Waals surface area (Å²) in [4.78, 5) is 10.5. The van der Waals surface area contributed by atoms with Crippen LogP contribution in [0.5, 0.6) is 0 Å². The minimum Gasteiger partial charge on any atom is -0.389 e. The SMILES string of the molecule is CC1=C(C(C)O)C(C=O)CC1. The molecule has 0 fully saturated rings. The number of carbonyl (C=O) groups excluding carboxylic acids is 1. The first-order valence-corrected chi connectivity index (χ1v) is 3.99. The van der Waals surface area contributed by atoms with E-state index in [-0.39, 0.29) is 5.92 Å². The van der Waals surface area contributed by atoms with Crippen molar-refractivity contribution in [2.75, 3.05) is 0 Å². The fraction of sp³-hybridized carbons (Fsp3) is 0.667. The number of aldehydes is 1. The maximum absolute atomic E-state index is 10.5. The van der Waals surface area contributed by atoms with E-state index in [4.69, 9.17) is 0 Å². The van der Waals surface area contributed by atoms with Crippen LogP contribution in [0.4, 0.5) is 0 Å². The van der Waals surface area contributed by atoms with Gasteiger partial charge in [0.1, 0.15) is 6.29 Å². The Morgan fingerprint density at radius 3 is 2.73 bits per heavy atom. The van der Waals surface area contributed by atoms with Crippen LogP contribution in [0.25, 0.3) is 0 Å². The summed E-state index contributed by atoms with van der Waals surface area (Å²) in [6, 6.07) is 0. The van der Waals surface area contributed by atoms with Gasteiger partial charge < -0.3 is 9.90 Å². The normalized spacial score (nSPS) is 27.4. The van der Waals surface area contributed by atoms with Gasteiger partial charge in [-0.25, -0.2) is 0 Å². The quantitative estimate of drug-likeness (QED) is 0.480. The molecule has 1 N–H and O–H groups in total. The molecule has 0 aromatic rings. The van der Waals surface area contributed by atoms with Crippen LogP contribution in [0.1, 0.15) is 26.7 Å². The van der Waals surface area contributed by atoms with Gasteiger partial charge in [-0.15, -0.1) is 0 Å². The van der Waals surface area contributed by atoms with E-state index in [0.29, 0.717) is 0 Å². The maximum Gasteiger partial charge on any atom is 0.127 e. The standard InChI is InChI=1S/C9H14O2/c1-6-3-4-8(5-10)9(6)7(2)11/h5,7-8,11H,3-4H2,1-2H3. The van der Waals surface area contributed by atoms with Gasteiger partial charge in [0.2, 0.25) is 0 Å². The van der Waals surface area contributed by atoms with E-state index in [1.165, 1.54) is 5.57 Å². The topological polar surface area (TPSA) is 37.3 Å². The second-order valence-corrected chi connectivity index (χ2v) is 3.19. The van der Waals surface area contributed by atoms with Gasteiger partial charge in [-0.3, -0.25) is 0 Å². The number of carbonyl (C=O) groups is 1. The molecule has 0 aromatic heterocycles. The third-order valence-electron chi connectivity index (χ3n) is 2.34. The lowest BCUT2D eigenvalue weighted by molar-refractivity contribution is -0.110. The van der Waals surface area contributed by atoms with E-state index < -0.39 is 6.10 Å². The first-order chi connectivity index (χ1) is 5.16. The largest absolute Gasteiger partial charge is 0.389 e. The molecule has 62 valence electrons. The second kappa shape index (κ2) is 3.18. The van der Waals surface area contributed by atoms with Crippen LogP contribution in [0, 0.1) is 5.92 Å². The van der Waals surface area contributed by atoms with Crippen molar-refractivity contribution in [1.29, 1.82) is 0 Å². The van der Waals surface area contributed by atoms with Crippen molar-refractivity contribution in [2.45, 2.75) is 32.8 Å². The molecule has 11 heavy (non-hydrogen) atoms. The van der Waals surface area contributed by atoms with Crippen LogP contribution in [0.3, 0.4) is 0 Å². The number of aliphatic hydroxyl groups is 1. The van der Waals surface area contributed by atoms with Gasteiger partial charge in [0.15, 0.2) is 0 Å². The van der Waals surface area contributed by atoms with Gasteiger partial charge >= 0.3 is 0 Å². The average Bonchev–Trinajstić information content (AvgIpc) is 2.30. The number of hydrogen-bond donors (Lipinski definition) is 1. The summed E-state index contributed by atoms with van der Waals surface area (Å²) in [5, 5.41) is 9.31. The van der Waals surface area contributed by atoms with Crippen LogP contribution in [-0.4, -0.2) is 17.5 Å². The predicted octanol–water partition coefficient (Wildman–Crippen LogP) is 1.29. The zero-order valence-electron chi connectivity index (χ0n) is 7.00. The summed E-state index contributed by atoms with van der Waals surface area (Å²) in [5.74, 6) is -0.0185. The smallest absolute Gasteiger partial charge is 0.127 e. The van der Waals surface area contributed by atoms with E-state index >= 15 is 0 Å². The molecule has 2 unspecified atom stereocenters. The highest BCUT2D eigenvalue weighted by atomic mass is 16.3. The molecule has 2 atom stereocenters. The number of rotatable bonds is 2. The molecule has 0 radical (unpaired) electrons. The highest BCUT2D eigenvalue weighted by Crippen LogP contribution is 2.32. The van der Waals surface area contributed by atoms with Crippen LogP contribution >= 0.6 is 0 Å². The Morgan fingerprint density at radius 1 is 1.73 bits per heavy atom. The minimum absolute atomic E-state index is 0.0185. The van der Waals surface area contributed by atoms with Crippen LogP contribution in [-0.2, 0) is 4.79 Å². The Hall–Kier alpha value is -0.630. The van der Waals surface area contributed by atoms with Crippen molar-refractivity contribution in [3.63, 3.8) is 0 Å². The molecule has 0 amide bonds. The predicted molar refractivity (Wildman–Crippen MR) is 43.2 cm³/mol. The van der Waals surface area contributed by atoms with Crippen molar-refractivity contribution in [2.24, 2.45) is 5.92 Å². The Balaban J connectivity index is 2.84. The molecule has 1 aliphatic rings.